The molecule has 0 unspecified atom stereocenters. The van der Waals surface area contributed by atoms with Crippen molar-refractivity contribution in [3.8, 4) is 17.2 Å². The largest absolute Gasteiger partial charge is 0.496 e. The number of benzene rings is 2. The van der Waals surface area contributed by atoms with Crippen molar-refractivity contribution in [2.75, 3.05) is 27.9 Å². The fraction of sp³-hybridized carbons (Fsp3) is 0.409. The van der Waals surface area contributed by atoms with Crippen LogP contribution in [0.25, 0.3) is 0 Å². The maximum atomic E-state index is 12.7. The lowest BCUT2D eigenvalue weighted by Crippen LogP contribution is -2.26. The fourth-order valence-electron chi connectivity index (χ4n) is 3.02. The van der Waals surface area contributed by atoms with E-state index in [9.17, 15) is 4.79 Å². The molecule has 0 aliphatic carbocycles. The van der Waals surface area contributed by atoms with E-state index >= 15 is 0 Å². The Hall–Kier alpha value is -2.69. The van der Waals surface area contributed by atoms with Crippen LogP contribution in [0.3, 0.4) is 0 Å². The smallest absolute Gasteiger partial charge is 0.251 e. The van der Waals surface area contributed by atoms with Gasteiger partial charge in [-0.15, -0.1) is 0 Å². The summed E-state index contributed by atoms with van der Waals surface area (Å²) in [4.78, 5) is 12.7. The molecule has 0 heterocycles. The molecule has 0 saturated carbocycles. The van der Waals surface area contributed by atoms with Gasteiger partial charge in [-0.3, -0.25) is 4.79 Å². The highest BCUT2D eigenvalue weighted by Gasteiger charge is 2.15. The number of hydrogen-bond donors (Lipinski definition) is 1. The minimum atomic E-state index is -0.0717. The lowest BCUT2D eigenvalue weighted by Gasteiger charge is -2.16. The average Bonchev–Trinajstić information content (AvgIpc) is 2.66. The Balaban J connectivity index is 2.07. The number of hydrogen-bond acceptors (Lipinski definition) is 4. The van der Waals surface area contributed by atoms with Crippen LogP contribution in [-0.4, -0.2) is 33.8 Å². The molecular formula is C22H29NO4. The van der Waals surface area contributed by atoms with Crippen molar-refractivity contribution < 1.29 is 19.0 Å². The molecule has 5 nitrogen and oxygen atoms in total. The maximum absolute atomic E-state index is 12.7. The van der Waals surface area contributed by atoms with E-state index in [0.29, 0.717) is 30.0 Å². The topological polar surface area (TPSA) is 56.8 Å². The number of amides is 1. The van der Waals surface area contributed by atoms with Gasteiger partial charge in [0.1, 0.15) is 5.75 Å². The standard InChI is InChI=1S/C22H29NO4/c1-14(2)17-13-18(15(3)11-20(17)26-5)22(24)23-10-9-16-7-8-19(25-4)21(12-16)27-6/h7-8,11-14H,9-10H2,1-6H3,(H,23,24). The van der Waals surface area contributed by atoms with Crippen LogP contribution in [0.15, 0.2) is 30.3 Å². The highest BCUT2D eigenvalue weighted by Crippen LogP contribution is 2.30. The molecule has 0 spiro atoms. The molecule has 0 bridgehead atoms. The first-order valence-electron chi connectivity index (χ1n) is 9.08. The van der Waals surface area contributed by atoms with E-state index in [4.69, 9.17) is 14.2 Å². The van der Waals surface area contributed by atoms with E-state index in [1.165, 1.54) is 0 Å². The van der Waals surface area contributed by atoms with E-state index in [-0.39, 0.29) is 11.8 Å². The number of rotatable bonds is 8. The highest BCUT2D eigenvalue weighted by atomic mass is 16.5. The zero-order valence-electron chi connectivity index (χ0n) is 17.0. The number of carbonyl (C=O) groups excluding carboxylic acids is 1. The maximum Gasteiger partial charge on any atom is 0.251 e. The van der Waals surface area contributed by atoms with Gasteiger partial charge in [0.25, 0.3) is 5.91 Å². The van der Waals surface area contributed by atoms with E-state index in [2.05, 4.69) is 19.2 Å². The molecule has 0 aromatic heterocycles. The van der Waals surface area contributed by atoms with Crippen molar-refractivity contribution in [3.05, 3.63) is 52.6 Å². The SMILES string of the molecule is COc1ccc(CCNC(=O)c2cc(C(C)C)c(OC)cc2C)cc1OC. The summed E-state index contributed by atoms with van der Waals surface area (Å²) in [5.74, 6) is 2.41. The van der Waals surface area contributed by atoms with Gasteiger partial charge in [0.05, 0.1) is 21.3 Å². The second-order valence-corrected chi connectivity index (χ2v) is 6.76. The highest BCUT2D eigenvalue weighted by molar-refractivity contribution is 5.96. The van der Waals surface area contributed by atoms with Crippen LogP contribution in [0.1, 0.15) is 46.8 Å². The van der Waals surface area contributed by atoms with Gasteiger partial charge in [0, 0.05) is 12.1 Å². The summed E-state index contributed by atoms with van der Waals surface area (Å²) in [5.41, 5.74) is 3.70. The van der Waals surface area contributed by atoms with Crippen LogP contribution in [0, 0.1) is 6.92 Å². The molecular weight excluding hydrogens is 342 g/mol. The first kappa shape index (κ1) is 20.6. The summed E-state index contributed by atoms with van der Waals surface area (Å²) < 4.78 is 16.0. The number of methoxy groups -OCH3 is 3. The summed E-state index contributed by atoms with van der Waals surface area (Å²) in [7, 11) is 4.88. The lowest BCUT2D eigenvalue weighted by atomic mass is 9.96. The summed E-state index contributed by atoms with van der Waals surface area (Å²) in [6, 6.07) is 9.64. The summed E-state index contributed by atoms with van der Waals surface area (Å²) >= 11 is 0. The Bertz CT molecular complexity index is 799. The van der Waals surface area contributed by atoms with E-state index < -0.39 is 0 Å². The van der Waals surface area contributed by atoms with Crippen molar-refractivity contribution in [1.82, 2.24) is 5.32 Å². The van der Waals surface area contributed by atoms with Gasteiger partial charge in [0.2, 0.25) is 0 Å². The Morgan fingerprint density at radius 2 is 1.63 bits per heavy atom. The van der Waals surface area contributed by atoms with Crippen LogP contribution in [0.5, 0.6) is 17.2 Å². The van der Waals surface area contributed by atoms with Crippen molar-refractivity contribution in [3.63, 3.8) is 0 Å². The second kappa shape index (κ2) is 9.31. The molecule has 0 saturated heterocycles. The van der Waals surface area contributed by atoms with Crippen molar-refractivity contribution >= 4 is 5.91 Å². The quantitative estimate of drug-likeness (QED) is 0.758. The molecule has 2 aromatic carbocycles. The third kappa shape index (κ3) is 4.94. The van der Waals surface area contributed by atoms with Gasteiger partial charge in [0.15, 0.2) is 11.5 Å². The van der Waals surface area contributed by atoms with Gasteiger partial charge in [-0.2, -0.15) is 0 Å². The van der Waals surface area contributed by atoms with E-state index in [1.54, 1.807) is 21.3 Å². The number of ether oxygens (including phenoxy) is 3. The van der Waals surface area contributed by atoms with Crippen LogP contribution in [0.4, 0.5) is 0 Å². The Morgan fingerprint density at radius 1 is 0.963 bits per heavy atom. The summed E-state index contributed by atoms with van der Waals surface area (Å²) in [6.45, 7) is 6.64. The molecule has 0 aliphatic rings. The predicted molar refractivity (Wildman–Crippen MR) is 107 cm³/mol. The Kier molecular flexibility index (Phi) is 7.11. The third-order valence-electron chi connectivity index (χ3n) is 4.59. The van der Waals surface area contributed by atoms with Crippen LogP contribution in [0.2, 0.25) is 0 Å². The lowest BCUT2D eigenvalue weighted by molar-refractivity contribution is 0.0953. The van der Waals surface area contributed by atoms with Gasteiger partial charge in [-0.1, -0.05) is 19.9 Å². The zero-order valence-corrected chi connectivity index (χ0v) is 17.0. The monoisotopic (exact) mass is 371 g/mol. The molecule has 0 aliphatic heterocycles. The third-order valence-corrected chi connectivity index (χ3v) is 4.59. The molecule has 1 N–H and O–H groups in total. The van der Waals surface area contributed by atoms with Crippen molar-refractivity contribution in [2.24, 2.45) is 0 Å². The predicted octanol–water partition coefficient (Wildman–Crippen LogP) is 4.12. The molecule has 0 fully saturated rings. The minimum Gasteiger partial charge on any atom is -0.496 e. The first-order chi connectivity index (χ1) is 12.9. The van der Waals surface area contributed by atoms with E-state index in [0.717, 1.165) is 22.4 Å². The average molecular weight is 371 g/mol. The zero-order chi connectivity index (χ0) is 20.0. The van der Waals surface area contributed by atoms with Gasteiger partial charge >= 0.3 is 0 Å². The van der Waals surface area contributed by atoms with Crippen LogP contribution < -0.4 is 19.5 Å². The molecule has 2 aromatic rings. The molecule has 0 atom stereocenters. The van der Waals surface area contributed by atoms with Gasteiger partial charge in [-0.25, -0.2) is 0 Å². The Labute approximate surface area is 161 Å². The molecule has 146 valence electrons. The summed E-state index contributed by atoms with van der Waals surface area (Å²) in [5, 5.41) is 3.01. The molecule has 2 rings (SSSR count). The molecule has 1 amide bonds. The van der Waals surface area contributed by atoms with Crippen LogP contribution >= 0.6 is 0 Å². The number of nitrogens with one attached hydrogen (secondary N) is 1. The number of aryl methyl sites for hydroxylation is 1. The van der Waals surface area contributed by atoms with E-state index in [1.807, 2.05) is 37.3 Å². The van der Waals surface area contributed by atoms with Crippen molar-refractivity contribution in [2.45, 2.75) is 33.1 Å². The number of carbonyl (C=O) groups is 1. The minimum absolute atomic E-state index is 0.0717. The second-order valence-electron chi connectivity index (χ2n) is 6.76. The van der Waals surface area contributed by atoms with Gasteiger partial charge < -0.3 is 19.5 Å². The Morgan fingerprint density at radius 3 is 2.22 bits per heavy atom. The molecule has 5 heteroatoms. The fourth-order valence-corrected chi connectivity index (χ4v) is 3.02. The summed E-state index contributed by atoms with van der Waals surface area (Å²) in [6.07, 6.45) is 0.707. The van der Waals surface area contributed by atoms with Crippen LogP contribution in [-0.2, 0) is 6.42 Å². The van der Waals surface area contributed by atoms with Gasteiger partial charge in [-0.05, 0) is 60.2 Å². The molecule has 27 heavy (non-hydrogen) atoms. The first-order valence-corrected chi connectivity index (χ1v) is 9.08. The molecule has 0 radical (unpaired) electrons. The normalized spacial score (nSPS) is 10.6. The van der Waals surface area contributed by atoms with Crippen molar-refractivity contribution in [1.29, 1.82) is 0 Å².